The molecule has 0 aromatic carbocycles. The van der Waals surface area contributed by atoms with Gasteiger partial charge in [-0.05, 0) is 0 Å². The molecule has 0 radical (unpaired) electrons. The molecule has 44 valence electrons. The van der Waals surface area contributed by atoms with Crippen molar-refractivity contribution >= 4 is 0 Å². The van der Waals surface area contributed by atoms with Crippen molar-refractivity contribution in [3.8, 4) is 0 Å². The minimum absolute atomic E-state index is 0.948. The quantitative estimate of drug-likeness (QED) is 0.376. The average Bonchev–Trinajstić information content (AvgIpc) is 2.14. The van der Waals surface area contributed by atoms with Crippen molar-refractivity contribution in [3.05, 3.63) is 18.2 Å². The van der Waals surface area contributed by atoms with Crippen LogP contribution in [0.3, 0.4) is 0 Å². The minimum atomic E-state index is 0.948. The largest absolute Gasteiger partial charge is 0.277 e. The van der Waals surface area contributed by atoms with E-state index in [4.69, 9.17) is 5.84 Å². The Hall–Kier alpha value is -0.990. The molecule has 0 aliphatic rings. The van der Waals surface area contributed by atoms with E-state index in [0.717, 1.165) is 12.2 Å². The Morgan fingerprint density at radius 2 is 2.62 bits per heavy atom. The number of aromatic amines is 1. The van der Waals surface area contributed by atoms with E-state index in [-0.39, 0.29) is 0 Å². The fourth-order valence-corrected chi connectivity index (χ4v) is 0.663. The normalized spacial score (nSPS) is 9.62. The van der Waals surface area contributed by atoms with Crippen LogP contribution in [0.2, 0.25) is 0 Å². The molecule has 1 heterocycles. The number of hydrogen-bond donors (Lipinski definition) is 2. The summed E-state index contributed by atoms with van der Waals surface area (Å²) in [7, 11) is 0. The Morgan fingerprint density at radius 3 is 2.88 bits per heavy atom. The molecule has 0 atom stereocenters. The van der Waals surface area contributed by atoms with Crippen LogP contribution in [0, 0.1) is 0 Å². The number of nitrogen functional groups attached to an aromatic ring is 1. The van der Waals surface area contributed by atoms with Gasteiger partial charge >= 0.3 is 0 Å². The molecule has 3 heteroatoms. The van der Waals surface area contributed by atoms with Gasteiger partial charge in [-0.25, -0.2) is 4.98 Å². The van der Waals surface area contributed by atoms with Crippen molar-refractivity contribution in [3.63, 3.8) is 0 Å². The second-order valence-electron chi connectivity index (χ2n) is 1.67. The number of nitrogens with one attached hydrogen (secondary N) is 1. The van der Waals surface area contributed by atoms with E-state index < -0.39 is 0 Å². The van der Waals surface area contributed by atoms with Crippen LogP contribution in [0.1, 0.15) is 12.7 Å². The summed E-state index contributed by atoms with van der Waals surface area (Å²) >= 11 is 0. The van der Waals surface area contributed by atoms with Gasteiger partial charge in [-0.1, -0.05) is 6.92 Å². The molecule has 0 saturated heterocycles. The lowest BCUT2D eigenvalue weighted by molar-refractivity contribution is -0.645. The average molecular weight is 112 g/mol. The third kappa shape index (κ3) is 0.665. The third-order valence-electron chi connectivity index (χ3n) is 1.13. The molecule has 0 bridgehead atoms. The molecular weight excluding hydrogens is 102 g/mol. The highest BCUT2D eigenvalue weighted by Crippen LogP contribution is 1.81. The maximum absolute atomic E-state index is 5.44. The summed E-state index contributed by atoms with van der Waals surface area (Å²) < 4.78 is 1.58. The number of rotatable bonds is 1. The van der Waals surface area contributed by atoms with E-state index in [1.807, 2.05) is 6.20 Å². The number of aryl methyl sites for hydroxylation is 1. The lowest BCUT2D eigenvalue weighted by Gasteiger charge is -1.83. The van der Waals surface area contributed by atoms with Gasteiger partial charge in [0.15, 0.2) is 6.20 Å². The number of H-pyrrole nitrogens is 1. The summed E-state index contributed by atoms with van der Waals surface area (Å²) in [6, 6.07) is 0. The summed E-state index contributed by atoms with van der Waals surface area (Å²) in [4.78, 5) is 2.99. The van der Waals surface area contributed by atoms with Crippen LogP contribution in [0.4, 0.5) is 0 Å². The molecule has 3 N–H and O–H groups in total. The predicted octanol–water partition coefficient (Wildman–Crippen LogP) is -0.422. The molecule has 0 fully saturated rings. The summed E-state index contributed by atoms with van der Waals surface area (Å²) in [5.74, 6) is 6.48. The fourth-order valence-electron chi connectivity index (χ4n) is 0.663. The zero-order valence-corrected chi connectivity index (χ0v) is 4.89. The lowest BCUT2D eigenvalue weighted by Crippen LogP contribution is -2.45. The first-order valence-corrected chi connectivity index (χ1v) is 2.67. The molecule has 3 nitrogen and oxygen atoms in total. The monoisotopic (exact) mass is 112 g/mol. The highest BCUT2D eigenvalue weighted by atomic mass is 15.3. The van der Waals surface area contributed by atoms with Crippen molar-refractivity contribution in [2.75, 3.05) is 5.84 Å². The van der Waals surface area contributed by atoms with Crippen LogP contribution in [0.25, 0.3) is 0 Å². The Morgan fingerprint density at radius 1 is 1.88 bits per heavy atom. The van der Waals surface area contributed by atoms with Gasteiger partial charge in [0, 0.05) is 6.42 Å². The number of imidazole rings is 1. The van der Waals surface area contributed by atoms with Crippen molar-refractivity contribution in [2.24, 2.45) is 0 Å². The molecule has 1 aromatic rings. The summed E-state index contributed by atoms with van der Waals surface area (Å²) in [6.07, 6.45) is 4.56. The second-order valence-corrected chi connectivity index (χ2v) is 1.67. The van der Waals surface area contributed by atoms with Crippen LogP contribution >= 0.6 is 0 Å². The summed E-state index contributed by atoms with van der Waals surface area (Å²) in [5, 5.41) is 0. The van der Waals surface area contributed by atoms with Gasteiger partial charge in [0.05, 0.1) is 0 Å². The Bertz CT molecular complexity index is 168. The fraction of sp³-hybridized carbons (Fsp3) is 0.400. The van der Waals surface area contributed by atoms with Crippen molar-refractivity contribution in [1.29, 1.82) is 0 Å². The van der Waals surface area contributed by atoms with E-state index in [2.05, 4.69) is 11.9 Å². The Balaban J connectivity index is 2.92. The molecule has 0 saturated carbocycles. The van der Waals surface area contributed by atoms with Crippen LogP contribution < -0.4 is 10.5 Å². The van der Waals surface area contributed by atoms with Crippen LogP contribution in [0.15, 0.2) is 12.4 Å². The van der Waals surface area contributed by atoms with Gasteiger partial charge in [0.1, 0.15) is 6.20 Å². The van der Waals surface area contributed by atoms with Crippen molar-refractivity contribution < 1.29 is 4.68 Å². The van der Waals surface area contributed by atoms with E-state index in [9.17, 15) is 0 Å². The highest BCUT2D eigenvalue weighted by Gasteiger charge is 2.00. The lowest BCUT2D eigenvalue weighted by atomic mass is 10.5. The van der Waals surface area contributed by atoms with Gasteiger partial charge in [0.25, 0.3) is 5.82 Å². The summed E-state index contributed by atoms with van der Waals surface area (Å²) in [6.45, 7) is 2.05. The van der Waals surface area contributed by atoms with Crippen LogP contribution in [0.5, 0.6) is 0 Å². The molecule has 1 aromatic heterocycles. The Kier molecular flexibility index (Phi) is 1.20. The number of nitrogens with zero attached hydrogens (tertiary/aromatic N) is 1. The van der Waals surface area contributed by atoms with Gasteiger partial charge in [-0.15, -0.1) is 4.68 Å². The Labute approximate surface area is 48.1 Å². The second kappa shape index (κ2) is 1.86. The molecule has 0 aliphatic heterocycles. The molecule has 0 spiro atoms. The number of hydrogen-bond acceptors (Lipinski definition) is 1. The SMILES string of the molecule is CCc1[nH]cc[n+]1N. The molecular formula is C5H10N3+. The standard InChI is InChI=1S/C5H9N3/c1-2-5-7-3-4-8(5)6/h3-4H,2,6H2,1H3/p+1. The number of aromatic nitrogens is 2. The molecule has 0 amide bonds. The first-order chi connectivity index (χ1) is 3.84. The van der Waals surface area contributed by atoms with Crippen molar-refractivity contribution in [2.45, 2.75) is 13.3 Å². The topological polar surface area (TPSA) is 45.7 Å². The van der Waals surface area contributed by atoms with Crippen LogP contribution in [-0.2, 0) is 6.42 Å². The van der Waals surface area contributed by atoms with E-state index in [1.165, 1.54) is 0 Å². The van der Waals surface area contributed by atoms with E-state index in [1.54, 1.807) is 10.9 Å². The maximum Gasteiger partial charge on any atom is 0.277 e. The van der Waals surface area contributed by atoms with Gasteiger partial charge in [-0.2, -0.15) is 0 Å². The molecule has 8 heavy (non-hydrogen) atoms. The first-order valence-electron chi connectivity index (χ1n) is 2.67. The zero-order valence-electron chi connectivity index (χ0n) is 4.89. The van der Waals surface area contributed by atoms with Crippen molar-refractivity contribution in [1.82, 2.24) is 4.98 Å². The van der Waals surface area contributed by atoms with Gasteiger partial charge < -0.3 is 0 Å². The smallest absolute Gasteiger partial charge is 0.269 e. The van der Waals surface area contributed by atoms with Gasteiger partial charge in [-0.3, -0.25) is 5.84 Å². The maximum atomic E-state index is 5.44. The van der Waals surface area contributed by atoms with Crippen LogP contribution in [-0.4, -0.2) is 4.98 Å². The van der Waals surface area contributed by atoms with E-state index >= 15 is 0 Å². The first kappa shape index (κ1) is 5.15. The third-order valence-corrected chi connectivity index (χ3v) is 1.13. The predicted molar refractivity (Wildman–Crippen MR) is 30.5 cm³/mol. The molecule has 0 aliphatic carbocycles. The zero-order chi connectivity index (χ0) is 5.98. The summed E-state index contributed by atoms with van der Waals surface area (Å²) in [5.41, 5.74) is 0. The highest BCUT2D eigenvalue weighted by molar-refractivity contribution is 4.74. The minimum Gasteiger partial charge on any atom is -0.269 e. The molecule has 1 rings (SSSR count). The molecule has 0 unspecified atom stereocenters. The number of nitrogens with two attached hydrogens (primary N) is 1. The van der Waals surface area contributed by atoms with Gasteiger partial charge in [0.2, 0.25) is 0 Å². The van der Waals surface area contributed by atoms with E-state index in [0.29, 0.717) is 0 Å².